The fraction of sp³-hybridized carbons (Fsp3) is 0.724. The normalized spacial score (nSPS) is 41.6. The van der Waals surface area contributed by atoms with Crippen LogP contribution in [0.2, 0.25) is 0 Å². The van der Waals surface area contributed by atoms with Crippen LogP contribution in [-0.4, -0.2) is 23.1 Å². The molecular weight excluding hydrogens is 394 g/mol. The van der Waals surface area contributed by atoms with E-state index in [1.807, 2.05) is 11.8 Å². The lowest BCUT2D eigenvalue weighted by Crippen LogP contribution is -2.50. The number of carbonyl (C=O) groups is 2. The molecule has 1 aliphatic heterocycles. The summed E-state index contributed by atoms with van der Waals surface area (Å²) >= 11 is 0. The molecule has 0 aromatic heterocycles. The minimum absolute atomic E-state index is 0.214. The van der Waals surface area contributed by atoms with E-state index in [1.165, 1.54) is 30.4 Å². The molecule has 174 valence electrons. The Morgan fingerprint density at radius 1 is 1.06 bits per heavy atom. The fourth-order valence-corrected chi connectivity index (χ4v) is 8.66. The van der Waals surface area contributed by atoms with E-state index in [0.29, 0.717) is 18.1 Å². The van der Waals surface area contributed by atoms with Crippen molar-refractivity contribution in [3.8, 4) is 0 Å². The van der Waals surface area contributed by atoms with E-state index in [2.05, 4.69) is 32.6 Å². The fourth-order valence-electron chi connectivity index (χ4n) is 8.66. The number of carbonyl (C=O) groups excluding carboxylic acids is 2. The van der Waals surface area contributed by atoms with Crippen LogP contribution in [0.4, 0.5) is 0 Å². The van der Waals surface area contributed by atoms with E-state index >= 15 is 0 Å². The number of amides is 1. The lowest BCUT2D eigenvalue weighted by molar-refractivity contribution is -0.128. The van der Waals surface area contributed by atoms with Crippen molar-refractivity contribution in [2.75, 3.05) is 6.54 Å². The first-order valence-corrected chi connectivity index (χ1v) is 13.2. The van der Waals surface area contributed by atoms with Gasteiger partial charge in [0.05, 0.1) is 0 Å². The number of Topliss-reactive ketones (excluding diaryl/α,β-unsaturated/α-hetero) is 1. The Kier molecular flexibility index (Phi) is 5.54. The highest BCUT2D eigenvalue weighted by Crippen LogP contribution is 2.66. The zero-order valence-corrected chi connectivity index (χ0v) is 20.4. The van der Waals surface area contributed by atoms with E-state index in [0.717, 1.165) is 69.0 Å². The largest absolute Gasteiger partial charge is 0.313 e. The highest BCUT2D eigenvalue weighted by Gasteiger charge is 2.59. The molecule has 0 N–H and O–H groups in total. The van der Waals surface area contributed by atoms with Gasteiger partial charge in [-0.3, -0.25) is 9.59 Å². The van der Waals surface area contributed by atoms with Gasteiger partial charge in [-0.2, -0.15) is 0 Å². The molecule has 5 rings (SSSR count). The summed E-state index contributed by atoms with van der Waals surface area (Å²) < 4.78 is 0. The highest BCUT2D eigenvalue weighted by molar-refractivity contribution is 5.80. The van der Waals surface area contributed by atoms with Gasteiger partial charge >= 0.3 is 0 Å². The number of allylic oxidation sites excluding steroid dienone is 4. The van der Waals surface area contributed by atoms with Crippen molar-refractivity contribution in [1.82, 2.24) is 4.90 Å². The third-order valence-corrected chi connectivity index (χ3v) is 10.5. The molecule has 0 radical (unpaired) electrons. The van der Waals surface area contributed by atoms with E-state index in [4.69, 9.17) is 0 Å². The van der Waals surface area contributed by atoms with Crippen LogP contribution in [0.5, 0.6) is 0 Å². The first-order valence-electron chi connectivity index (χ1n) is 13.2. The summed E-state index contributed by atoms with van der Waals surface area (Å²) in [5, 5.41) is 0. The predicted octanol–water partition coefficient (Wildman–Crippen LogP) is 6.61. The standard InChI is InChI=1S/C29H41NO2/c1-19(30-17-7-5-6-8-27(30)32)21-13-15-28(3)22(18-21)9-10-23-25-12-11-24(20(2)31)29(25,4)16-14-26(23)28/h9,18,23-26H,1,5-8,10-17H2,2-4H3/t23-,24?,25-,26-,28-,29+/m0/s1. The Morgan fingerprint density at radius 3 is 2.66 bits per heavy atom. The van der Waals surface area contributed by atoms with Crippen molar-refractivity contribution < 1.29 is 9.59 Å². The third-order valence-electron chi connectivity index (χ3n) is 10.5. The van der Waals surface area contributed by atoms with Crippen LogP contribution in [0.25, 0.3) is 0 Å². The lowest BCUT2D eigenvalue weighted by Gasteiger charge is -2.57. The number of nitrogens with zero attached hydrogens (tertiary/aromatic N) is 1. The van der Waals surface area contributed by atoms with Crippen LogP contribution in [0, 0.1) is 34.5 Å². The maximum absolute atomic E-state index is 12.6. The Balaban J connectivity index is 1.40. The molecule has 3 nitrogen and oxygen atoms in total. The molecule has 4 aliphatic carbocycles. The number of hydrogen-bond donors (Lipinski definition) is 0. The number of likely N-dealkylation sites (tertiary alicyclic amines) is 1. The van der Waals surface area contributed by atoms with Gasteiger partial charge in [-0.15, -0.1) is 0 Å². The molecule has 1 amide bonds. The van der Waals surface area contributed by atoms with Gasteiger partial charge < -0.3 is 4.90 Å². The predicted molar refractivity (Wildman–Crippen MR) is 129 cm³/mol. The summed E-state index contributed by atoms with van der Waals surface area (Å²) in [6.07, 6.45) is 17.0. The van der Waals surface area contributed by atoms with Crippen LogP contribution < -0.4 is 0 Å². The lowest BCUT2D eigenvalue weighted by atomic mass is 9.47. The second kappa shape index (κ2) is 7.99. The molecule has 2 saturated carbocycles. The molecule has 0 aromatic rings. The van der Waals surface area contributed by atoms with Gasteiger partial charge in [-0.05, 0) is 104 Å². The summed E-state index contributed by atoms with van der Waals surface area (Å²) in [7, 11) is 0. The van der Waals surface area contributed by atoms with E-state index < -0.39 is 0 Å². The molecule has 0 spiro atoms. The van der Waals surface area contributed by atoms with Gasteiger partial charge in [-0.25, -0.2) is 0 Å². The second-order valence-corrected chi connectivity index (χ2v) is 11.9. The zero-order chi connectivity index (χ0) is 22.7. The van der Waals surface area contributed by atoms with Gasteiger partial charge in [0.15, 0.2) is 0 Å². The maximum Gasteiger partial charge on any atom is 0.226 e. The number of hydrogen-bond acceptors (Lipinski definition) is 2. The average molecular weight is 436 g/mol. The number of ketones is 1. The van der Waals surface area contributed by atoms with Crippen LogP contribution in [0.15, 0.2) is 35.6 Å². The molecule has 1 saturated heterocycles. The van der Waals surface area contributed by atoms with Crippen molar-refractivity contribution in [3.05, 3.63) is 35.6 Å². The SMILES string of the molecule is C=C(C1=CC2=CC[C@@H]3[C@H](CC[C@]4(C)C(C(C)=O)CC[C@@H]34)[C@@]2(C)CC1)N1CCCCCC1=O. The van der Waals surface area contributed by atoms with Crippen molar-refractivity contribution in [3.63, 3.8) is 0 Å². The molecule has 0 bridgehead atoms. The quantitative estimate of drug-likeness (QED) is 0.500. The van der Waals surface area contributed by atoms with Crippen LogP contribution in [-0.2, 0) is 9.59 Å². The van der Waals surface area contributed by atoms with Crippen LogP contribution in [0.3, 0.4) is 0 Å². The monoisotopic (exact) mass is 435 g/mol. The van der Waals surface area contributed by atoms with Crippen molar-refractivity contribution in [1.29, 1.82) is 0 Å². The third kappa shape index (κ3) is 3.29. The summed E-state index contributed by atoms with van der Waals surface area (Å²) in [5.41, 5.74) is 4.17. The smallest absolute Gasteiger partial charge is 0.226 e. The molecule has 1 heterocycles. The van der Waals surface area contributed by atoms with Gasteiger partial charge in [0.25, 0.3) is 0 Å². The minimum atomic E-state index is 0.214. The van der Waals surface area contributed by atoms with E-state index in [9.17, 15) is 9.59 Å². The van der Waals surface area contributed by atoms with Crippen molar-refractivity contribution in [2.24, 2.45) is 34.5 Å². The Morgan fingerprint density at radius 2 is 1.88 bits per heavy atom. The van der Waals surface area contributed by atoms with Crippen molar-refractivity contribution >= 4 is 11.7 Å². The Hall–Kier alpha value is -1.64. The Bertz CT molecular complexity index is 897. The molecule has 1 unspecified atom stereocenters. The van der Waals surface area contributed by atoms with E-state index in [1.54, 1.807) is 0 Å². The summed E-state index contributed by atoms with van der Waals surface area (Å²) in [4.78, 5) is 27.0. The number of fused-ring (bicyclic) bond motifs is 5. The topological polar surface area (TPSA) is 37.4 Å². The maximum atomic E-state index is 12.6. The molecule has 0 aromatic carbocycles. The zero-order valence-electron chi connectivity index (χ0n) is 20.4. The molecule has 3 fully saturated rings. The first-order chi connectivity index (χ1) is 15.3. The van der Waals surface area contributed by atoms with Gasteiger partial charge in [0.2, 0.25) is 5.91 Å². The molecule has 32 heavy (non-hydrogen) atoms. The molecule has 5 aliphatic rings. The van der Waals surface area contributed by atoms with Crippen molar-refractivity contribution in [2.45, 2.75) is 91.4 Å². The highest BCUT2D eigenvalue weighted by atomic mass is 16.2. The summed E-state index contributed by atoms with van der Waals surface area (Å²) in [6, 6.07) is 0. The van der Waals surface area contributed by atoms with Gasteiger partial charge in [0, 0.05) is 24.6 Å². The Labute approximate surface area is 194 Å². The first kappa shape index (κ1) is 22.2. The molecular formula is C29H41NO2. The van der Waals surface area contributed by atoms with Crippen LogP contribution in [0.1, 0.15) is 91.4 Å². The number of rotatable bonds is 3. The van der Waals surface area contributed by atoms with Gasteiger partial charge in [0.1, 0.15) is 5.78 Å². The van der Waals surface area contributed by atoms with Gasteiger partial charge in [-0.1, -0.05) is 39.0 Å². The van der Waals surface area contributed by atoms with E-state index in [-0.39, 0.29) is 22.7 Å². The molecule has 3 heteroatoms. The average Bonchev–Trinajstić information content (AvgIpc) is 2.98. The minimum Gasteiger partial charge on any atom is -0.313 e. The summed E-state index contributed by atoms with van der Waals surface area (Å²) in [5.74, 6) is 3.08. The summed E-state index contributed by atoms with van der Waals surface area (Å²) in [6.45, 7) is 12.0. The molecule has 6 atom stereocenters. The van der Waals surface area contributed by atoms with Crippen LogP contribution >= 0.6 is 0 Å². The second-order valence-electron chi connectivity index (χ2n) is 11.9.